The number of ketones is 1. The van der Waals surface area contributed by atoms with Gasteiger partial charge in [0, 0.05) is 24.6 Å². The predicted molar refractivity (Wildman–Crippen MR) is 71.4 cm³/mol. The van der Waals surface area contributed by atoms with Crippen LogP contribution in [-0.4, -0.2) is 23.9 Å². The summed E-state index contributed by atoms with van der Waals surface area (Å²) >= 11 is 0. The van der Waals surface area contributed by atoms with Crippen LogP contribution in [0.3, 0.4) is 0 Å². The zero-order valence-corrected chi connectivity index (χ0v) is 11.0. The Morgan fingerprint density at radius 3 is 2.84 bits per heavy atom. The Labute approximate surface area is 110 Å². The number of Topliss-reactive ketones (excluding diaryl/α,β-unsaturated/α-hetero) is 1. The highest BCUT2D eigenvalue weighted by molar-refractivity contribution is 6.04. The van der Waals surface area contributed by atoms with E-state index < -0.39 is 5.76 Å². The van der Waals surface area contributed by atoms with Crippen LogP contribution in [0.25, 0.3) is 11.1 Å². The van der Waals surface area contributed by atoms with E-state index in [0.717, 1.165) is 12.8 Å². The first-order valence-electron chi connectivity index (χ1n) is 6.36. The zero-order chi connectivity index (χ0) is 13.6. The maximum atomic E-state index is 12.5. The highest BCUT2D eigenvalue weighted by Crippen LogP contribution is 2.47. The summed E-state index contributed by atoms with van der Waals surface area (Å²) in [7, 11) is 3.50. The van der Waals surface area contributed by atoms with Crippen LogP contribution in [0, 0.1) is 5.41 Å². The minimum atomic E-state index is -0.407. The van der Waals surface area contributed by atoms with Crippen molar-refractivity contribution in [3.63, 3.8) is 0 Å². The molecule has 5 heteroatoms. The van der Waals surface area contributed by atoms with Gasteiger partial charge in [-0.05, 0) is 38.1 Å². The SMILES string of the molecule is CNCC1(C(=O)c2ccc3oc(=O)n(C)c3c2)CC1. The predicted octanol–water partition coefficient (Wildman–Crippen LogP) is 1.31. The third kappa shape index (κ3) is 1.81. The molecule has 100 valence electrons. The molecule has 19 heavy (non-hydrogen) atoms. The van der Waals surface area contributed by atoms with E-state index in [0.29, 0.717) is 23.2 Å². The van der Waals surface area contributed by atoms with Gasteiger partial charge in [0.2, 0.25) is 0 Å². The molecule has 0 aliphatic heterocycles. The van der Waals surface area contributed by atoms with E-state index in [1.807, 2.05) is 7.05 Å². The number of oxazole rings is 1. The van der Waals surface area contributed by atoms with E-state index in [-0.39, 0.29) is 11.2 Å². The quantitative estimate of drug-likeness (QED) is 0.842. The molecule has 1 aromatic carbocycles. The van der Waals surface area contributed by atoms with E-state index in [4.69, 9.17) is 4.42 Å². The molecular formula is C14H16N2O3. The Morgan fingerprint density at radius 1 is 1.47 bits per heavy atom. The van der Waals surface area contributed by atoms with Crippen LogP contribution in [0.5, 0.6) is 0 Å². The van der Waals surface area contributed by atoms with E-state index in [1.54, 1.807) is 25.2 Å². The average Bonchev–Trinajstić information content (AvgIpc) is 3.13. The lowest BCUT2D eigenvalue weighted by atomic mass is 9.94. The third-order valence-corrected chi connectivity index (χ3v) is 3.90. The molecule has 0 atom stereocenters. The first kappa shape index (κ1) is 12.2. The van der Waals surface area contributed by atoms with Crippen molar-refractivity contribution in [2.75, 3.05) is 13.6 Å². The van der Waals surface area contributed by atoms with Crippen molar-refractivity contribution < 1.29 is 9.21 Å². The van der Waals surface area contributed by atoms with Crippen LogP contribution in [0.2, 0.25) is 0 Å². The highest BCUT2D eigenvalue weighted by Gasteiger charge is 2.49. The van der Waals surface area contributed by atoms with Gasteiger partial charge in [-0.1, -0.05) is 0 Å². The molecule has 0 bridgehead atoms. The molecule has 1 aliphatic carbocycles. The van der Waals surface area contributed by atoms with Gasteiger partial charge < -0.3 is 9.73 Å². The standard InChI is InChI=1S/C14H16N2O3/c1-15-8-14(5-6-14)12(17)9-3-4-11-10(7-9)16(2)13(18)19-11/h3-4,7,15H,5-6,8H2,1-2H3. The number of benzene rings is 1. The van der Waals surface area contributed by atoms with Gasteiger partial charge in [0.05, 0.1) is 5.52 Å². The summed E-state index contributed by atoms with van der Waals surface area (Å²) in [6, 6.07) is 5.18. The van der Waals surface area contributed by atoms with E-state index >= 15 is 0 Å². The fraction of sp³-hybridized carbons (Fsp3) is 0.429. The number of carbonyl (C=O) groups is 1. The number of hydrogen-bond acceptors (Lipinski definition) is 4. The Kier molecular flexibility index (Phi) is 2.60. The van der Waals surface area contributed by atoms with Gasteiger partial charge >= 0.3 is 5.76 Å². The maximum absolute atomic E-state index is 12.5. The fourth-order valence-electron chi connectivity index (χ4n) is 2.55. The van der Waals surface area contributed by atoms with Gasteiger partial charge in [-0.15, -0.1) is 0 Å². The molecule has 0 saturated heterocycles. The Balaban J connectivity index is 2.04. The fourth-order valence-corrected chi connectivity index (χ4v) is 2.55. The number of aromatic nitrogens is 1. The number of hydrogen-bond donors (Lipinski definition) is 1. The van der Waals surface area contributed by atoms with Crippen LogP contribution in [0.1, 0.15) is 23.2 Å². The summed E-state index contributed by atoms with van der Waals surface area (Å²) < 4.78 is 6.49. The molecule has 1 heterocycles. The van der Waals surface area contributed by atoms with Crippen molar-refractivity contribution in [1.82, 2.24) is 9.88 Å². The van der Waals surface area contributed by atoms with Crippen molar-refractivity contribution in [3.8, 4) is 0 Å². The number of rotatable bonds is 4. The normalized spacial score (nSPS) is 16.7. The number of carbonyl (C=O) groups excluding carboxylic acids is 1. The van der Waals surface area contributed by atoms with E-state index in [9.17, 15) is 9.59 Å². The van der Waals surface area contributed by atoms with E-state index in [1.165, 1.54) is 4.57 Å². The molecule has 0 spiro atoms. The summed E-state index contributed by atoms with van der Waals surface area (Å²) in [5, 5.41) is 3.08. The van der Waals surface area contributed by atoms with Gasteiger partial charge in [0.15, 0.2) is 11.4 Å². The lowest BCUT2D eigenvalue weighted by Crippen LogP contribution is -2.27. The Morgan fingerprint density at radius 2 is 2.21 bits per heavy atom. The lowest BCUT2D eigenvalue weighted by molar-refractivity contribution is 0.0900. The molecule has 3 rings (SSSR count). The largest absolute Gasteiger partial charge is 0.419 e. The van der Waals surface area contributed by atoms with E-state index in [2.05, 4.69) is 5.32 Å². The number of fused-ring (bicyclic) bond motifs is 1. The summed E-state index contributed by atoms with van der Waals surface area (Å²) in [5.74, 6) is -0.256. The van der Waals surface area contributed by atoms with Crippen molar-refractivity contribution in [3.05, 3.63) is 34.3 Å². The minimum Gasteiger partial charge on any atom is -0.408 e. The second-order valence-electron chi connectivity index (χ2n) is 5.25. The molecule has 0 radical (unpaired) electrons. The van der Waals surface area contributed by atoms with Crippen molar-refractivity contribution >= 4 is 16.9 Å². The summed E-state index contributed by atoms with van der Waals surface area (Å²) in [6.07, 6.45) is 1.85. The number of nitrogens with zero attached hydrogens (tertiary/aromatic N) is 1. The van der Waals surface area contributed by atoms with Gasteiger partial charge in [-0.3, -0.25) is 9.36 Å². The first-order valence-corrected chi connectivity index (χ1v) is 6.36. The average molecular weight is 260 g/mol. The molecule has 0 unspecified atom stereocenters. The van der Waals surface area contributed by atoms with Gasteiger partial charge in [-0.2, -0.15) is 0 Å². The molecule has 1 aromatic heterocycles. The smallest absolute Gasteiger partial charge is 0.408 e. The Bertz CT molecular complexity index is 707. The van der Waals surface area contributed by atoms with Crippen LogP contribution >= 0.6 is 0 Å². The first-order chi connectivity index (χ1) is 9.07. The summed E-state index contributed by atoms with van der Waals surface area (Å²) in [5.41, 5.74) is 1.58. The van der Waals surface area contributed by atoms with Crippen LogP contribution in [-0.2, 0) is 7.05 Å². The third-order valence-electron chi connectivity index (χ3n) is 3.90. The van der Waals surface area contributed by atoms with Crippen LogP contribution in [0.4, 0.5) is 0 Å². The molecule has 1 saturated carbocycles. The van der Waals surface area contributed by atoms with Crippen LogP contribution in [0.15, 0.2) is 27.4 Å². The molecule has 5 nitrogen and oxygen atoms in total. The van der Waals surface area contributed by atoms with Crippen molar-refractivity contribution in [2.45, 2.75) is 12.8 Å². The topological polar surface area (TPSA) is 64.2 Å². The maximum Gasteiger partial charge on any atom is 0.419 e. The molecular weight excluding hydrogens is 244 g/mol. The number of aryl methyl sites for hydroxylation is 1. The molecule has 1 aliphatic rings. The number of nitrogens with one attached hydrogen (secondary N) is 1. The zero-order valence-electron chi connectivity index (χ0n) is 11.0. The highest BCUT2D eigenvalue weighted by atomic mass is 16.4. The Hall–Kier alpha value is -1.88. The minimum absolute atomic E-state index is 0.150. The molecule has 1 N–H and O–H groups in total. The second kappa shape index (κ2) is 4.06. The van der Waals surface area contributed by atoms with Gasteiger partial charge in [-0.25, -0.2) is 4.79 Å². The molecule has 1 fully saturated rings. The summed E-state index contributed by atoms with van der Waals surface area (Å²) in [4.78, 5) is 24.0. The van der Waals surface area contributed by atoms with Crippen LogP contribution < -0.4 is 11.1 Å². The molecule has 0 amide bonds. The second-order valence-corrected chi connectivity index (χ2v) is 5.25. The van der Waals surface area contributed by atoms with Crippen molar-refractivity contribution in [1.29, 1.82) is 0 Å². The monoisotopic (exact) mass is 260 g/mol. The lowest BCUT2D eigenvalue weighted by Gasteiger charge is -2.13. The molecule has 2 aromatic rings. The van der Waals surface area contributed by atoms with Crippen molar-refractivity contribution in [2.24, 2.45) is 12.5 Å². The van der Waals surface area contributed by atoms with Gasteiger partial charge in [0.25, 0.3) is 0 Å². The van der Waals surface area contributed by atoms with Gasteiger partial charge in [0.1, 0.15) is 0 Å². The summed E-state index contributed by atoms with van der Waals surface area (Å²) in [6.45, 7) is 0.703.